The number of aliphatic carboxylic acids is 1. The monoisotopic (exact) mass is 578 g/mol. The molecule has 0 aliphatic rings. The zero-order chi connectivity index (χ0) is 29.1. The summed E-state index contributed by atoms with van der Waals surface area (Å²) in [4.78, 5) is 27.8. The quantitative estimate of drug-likeness (QED) is 0.183. The molecule has 0 spiro atoms. The van der Waals surface area contributed by atoms with E-state index in [0.29, 0.717) is 11.3 Å². The molecule has 1 atom stereocenters. The number of benzene rings is 3. The van der Waals surface area contributed by atoms with E-state index in [2.05, 4.69) is 15.4 Å². The summed E-state index contributed by atoms with van der Waals surface area (Å²) >= 11 is 5.81. The minimum atomic E-state index is -4.68. The van der Waals surface area contributed by atoms with Gasteiger partial charge in [0.1, 0.15) is 6.04 Å². The van der Waals surface area contributed by atoms with E-state index < -0.39 is 34.7 Å². The molecule has 3 N–H and O–H groups in total. The van der Waals surface area contributed by atoms with E-state index in [1.807, 2.05) is 30.3 Å². The maximum Gasteiger partial charge on any atom is 0.417 e. The van der Waals surface area contributed by atoms with E-state index in [1.165, 1.54) is 16.8 Å². The number of nitrogens with one attached hydrogen (secondary N) is 2. The fourth-order valence-electron chi connectivity index (χ4n) is 4.44. The van der Waals surface area contributed by atoms with E-state index in [0.717, 1.165) is 34.7 Å². The second-order valence-electron chi connectivity index (χ2n) is 9.20. The summed E-state index contributed by atoms with van der Waals surface area (Å²) in [5.74, 6) is -1.90. The number of aromatic amines is 1. The number of para-hydroxylation sites is 2. The minimum absolute atomic E-state index is 0.0428. The van der Waals surface area contributed by atoms with E-state index in [1.54, 1.807) is 36.7 Å². The Morgan fingerprint density at radius 1 is 1.07 bits per heavy atom. The first-order valence-electron chi connectivity index (χ1n) is 12.4. The summed E-state index contributed by atoms with van der Waals surface area (Å²) in [6.07, 6.45) is 1.14. The number of alkyl halides is 3. The average Bonchev–Trinajstić information content (AvgIpc) is 3.56. The Hall–Kier alpha value is -4.83. The number of rotatable bonds is 8. The molecule has 0 radical (unpaired) electrons. The van der Waals surface area contributed by atoms with Crippen molar-refractivity contribution < 1.29 is 27.9 Å². The minimum Gasteiger partial charge on any atom is -0.480 e. The summed E-state index contributed by atoms with van der Waals surface area (Å²) in [5.41, 5.74) is 1.85. The number of carboxylic acid groups (broad SMARTS) is 1. The van der Waals surface area contributed by atoms with Crippen LogP contribution in [-0.4, -0.2) is 37.8 Å². The van der Waals surface area contributed by atoms with Gasteiger partial charge in [0, 0.05) is 46.9 Å². The molecule has 7 nitrogen and oxygen atoms in total. The molecule has 0 saturated heterocycles. The molecule has 5 aromatic rings. The number of carbonyl (C=O) groups is 2. The van der Waals surface area contributed by atoms with E-state index in [4.69, 9.17) is 11.6 Å². The molecule has 0 bridgehead atoms. The molecule has 41 heavy (non-hydrogen) atoms. The highest BCUT2D eigenvalue weighted by Crippen LogP contribution is 2.38. The molecule has 1 amide bonds. The Labute approximate surface area is 236 Å². The van der Waals surface area contributed by atoms with Crippen molar-refractivity contribution in [3.05, 3.63) is 113 Å². The number of carboxylic acids is 1. The molecule has 3 aromatic carbocycles. The van der Waals surface area contributed by atoms with Crippen LogP contribution >= 0.6 is 11.6 Å². The van der Waals surface area contributed by atoms with Crippen molar-refractivity contribution in [3.8, 4) is 16.9 Å². The average molecular weight is 579 g/mol. The van der Waals surface area contributed by atoms with Crippen molar-refractivity contribution in [3.63, 3.8) is 0 Å². The second kappa shape index (κ2) is 11.3. The number of H-pyrrole nitrogens is 1. The Kier molecular flexibility index (Phi) is 7.67. The molecule has 208 valence electrons. The summed E-state index contributed by atoms with van der Waals surface area (Å²) in [6.45, 7) is 0. The van der Waals surface area contributed by atoms with Crippen LogP contribution in [0.15, 0.2) is 91.3 Å². The van der Waals surface area contributed by atoms with Crippen molar-refractivity contribution in [1.29, 1.82) is 0 Å². The van der Waals surface area contributed by atoms with Crippen LogP contribution in [0.4, 0.5) is 13.2 Å². The van der Waals surface area contributed by atoms with Crippen LogP contribution in [0.2, 0.25) is 5.02 Å². The molecular weight excluding hydrogens is 557 g/mol. The Balaban J connectivity index is 1.44. The zero-order valence-electron chi connectivity index (χ0n) is 21.2. The molecule has 0 unspecified atom stereocenters. The summed E-state index contributed by atoms with van der Waals surface area (Å²) in [7, 11) is 0. The predicted octanol–water partition coefficient (Wildman–Crippen LogP) is 6.52. The molecule has 2 heterocycles. The van der Waals surface area contributed by atoms with Crippen LogP contribution in [0.3, 0.4) is 0 Å². The maximum absolute atomic E-state index is 13.6. The number of halogens is 4. The Bertz CT molecular complexity index is 1760. The summed E-state index contributed by atoms with van der Waals surface area (Å²) < 4.78 is 42.1. The Morgan fingerprint density at radius 3 is 2.54 bits per heavy atom. The largest absolute Gasteiger partial charge is 0.480 e. The van der Waals surface area contributed by atoms with Gasteiger partial charge in [-0.05, 0) is 42.0 Å². The van der Waals surface area contributed by atoms with Crippen molar-refractivity contribution in [2.45, 2.75) is 18.6 Å². The van der Waals surface area contributed by atoms with Crippen molar-refractivity contribution in [2.75, 3.05) is 0 Å². The third-order valence-electron chi connectivity index (χ3n) is 6.44. The predicted molar refractivity (Wildman–Crippen MR) is 150 cm³/mol. The first-order chi connectivity index (χ1) is 19.6. The van der Waals surface area contributed by atoms with Crippen LogP contribution in [0.5, 0.6) is 0 Å². The third-order valence-corrected chi connectivity index (χ3v) is 6.77. The van der Waals surface area contributed by atoms with Crippen molar-refractivity contribution in [1.82, 2.24) is 20.1 Å². The van der Waals surface area contributed by atoms with Gasteiger partial charge in [-0.1, -0.05) is 54.1 Å². The van der Waals surface area contributed by atoms with Gasteiger partial charge in [-0.3, -0.25) is 4.79 Å². The van der Waals surface area contributed by atoms with Gasteiger partial charge >= 0.3 is 12.1 Å². The van der Waals surface area contributed by atoms with Gasteiger partial charge in [0.25, 0.3) is 0 Å². The van der Waals surface area contributed by atoms with E-state index >= 15 is 0 Å². The topological polar surface area (TPSA) is 100 Å². The van der Waals surface area contributed by atoms with Crippen LogP contribution in [0.25, 0.3) is 33.9 Å². The highest BCUT2D eigenvalue weighted by atomic mass is 35.5. The molecule has 5 rings (SSSR count). The van der Waals surface area contributed by atoms with Crippen molar-refractivity contribution >= 4 is 40.5 Å². The highest BCUT2D eigenvalue weighted by molar-refractivity contribution is 6.31. The molecule has 11 heteroatoms. The van der Waals surface area contributed by atoms with Gasteiger partial charge in [-0.25, -0.2) is 9.48 Å². The zero-order valence-corrected chi connectivity index (χ0v) is 21.9. The van der Waals surface area contributed by atoms with Crippen LogP contribution in [0, 0.1) is 0 Å². The lowest BCUT2D eigenvalue weighted by atomic mass is 10.0. The second-order valence-corrected chi connectivity index (χ2v) is 9.61. The lowest BCUT2D eigenvalue weighted by Crippen LogP contribution is -2.41. The first kappa shape index (κ1) is 27.7. The summed E-state index contributed by atoms with van der Waals surface area (Å²) in [5, 5.41) is 17.1. The fourth-order valence-corrected chi connectivity index (χ4v) is 4.67. The fraction of sp³-hybridized carbons (Fsp3) is 0.100. The number of fused-ring (bicyclic) bond motifs is 1. The van der Waals surface area contributed by atoms with Gasteiger partial charge in [0.2, 0.25) is 5.91 Å². The SMILES string of the molecule is O=C(/C=C/c1cn(-c2ccccc2)nc1-c1ccc(Cl)c(C(F)(F)F)c1)N[C@@H](Cc1c[nH]c2ccccc12)C(=O)O. The number of nitrogens with zero attached hydrogens (tertiary/aromatic N) is 2. The highest BCUT2D eigenvalue weighted by Gasteiger charge is 2.33. The number of hydrogen-bond acceptors (Lipinski definition) is 3. The molecule has 0 aliphatic heterocycles. The van der Waals surface area contributed by atoms with Gasteiger partial charge in [0.15, 0.2) is 0 Å². The normalized spacial score (nSPS) is 12.6. The number of hydrogen-bond donors (Lipinski definition) is 3. The molecule has 0 fully saturated rings. The molecule has 0 aliphatic carbocycles. The lowest BCUT2D eigenvalue weighted by Gasteiger charge is -2.13. The molecular formula is C30H22ClF3N4O3. The van der Waals surface area contributed by atoms with Crippen LogP contribution in [0.1, 0.15) is 16.7 Å². The maximum atomic E-state index is 13.6. The Morgan fingerprint density at radius 2 is 1.80 bits per heavy atom. The molecule has 2 aromatic heterocycles. The van der Waals surface area contributed by atoms with E-state index in [-0.39, 0.29) is 17.7 Å². The lowest BCUT2D eigenvalue weighted by molar-refractivity contribution is -0.141. The number of amides is 1. The van der Waals surface area contributed by atoms with Gasteiger partial charge in [-0.2, -0.15) is 18.3 Å². The van der Waals surface area contributed by atoms with Crippen LogP contribution < -0.4 is 5.32 Å². The first-order valence-corrected chi connectivity index (χ1v) is 12.8. The number of aromatic nitrogens is 3. The van der Waals surface area contributed by atoms with Gasteiger partial charge < -0.3 is 15.4 Å². The molecule has 0 saturated carbocycles. The van der Waals surface area contributed by atoms with Gasteiger partial charge in [0.05, 0.1) is 22.0 Å². The smallest absolute Gasteiger partial charge is 0.417 e. The summed E-state index contributed by atoms with van der Waals surface area (Å²) in [6, 6.07) is 18.5. The van der Waals surface area contributed by atoms with Crippen molar-refractivity contribution in [2.24, 2.45) is 0 Å². The van der Waals surface area contributed by atoms with Crippen LogP contribution in [-0.2, 0) is 22.2 Å². The standard InChI is InChI=1S/C30H22ClF3N4O3/c31-24-12-10-18(14-23(24)30(32,33)34)28-19(17-38(37-28)21-6-2-1-3-7-21)11-13-27(39)36-26(29(40)41)15-20-16-35-25-9-5-4-8-22(20)25/h1-14,16-17,26,35H,15H2,(H,36,39)(H,40,41)/b13-11+/t26-/m0/s1. The van der Waals surface area contributed by atoms with Gasteiger partial charge in [-0.15, -0.1) is 0 Å². The third kappa shape index (κ3) is 6.17. The number of carbonyl (C=O) groups excluding carboxylic acids is 1. The van der Waals surface area contributed by atoms with E-state index in [9.17, 15) is 27.9 Å².